The van der Waals surface area contributed by atoms with Gasteiger partial charge in [-0.05, 0) is 71.6 Å². The van der Waals surface area contributed by atoms with E-state index in [1.807, 2.05) is 13.8 Å². The molecule has 190 valence electrons. The molecule has 0 spiro atoms. The lowest BCUT2D eigenvalue weighted by Gasteiger charge is -2.22. The number of carboxylic acid groups (broad SMARTS) is 1. The maximum Gasteiger partial charge on any atom is 0.416 e. The van der Waals surface area contributed by atoms with E-state index in [0.29, 0.717) is 27.9 Å². The summed E-state index contributed by atoms with van der Waals surface area (Å²) in [6.07, 6.45) is -4.47. The normalized spacial score (nSPS) is 15.0. The summed E-state index contributed by atoms with van der Waals surface area (Å²) in [5.41, 5.74) is 1.23. The molecule has 0 bridgehead atoms. The van der Waals surface area contributed by atoms with Gasteiger partial charge in [0.2, 0.25) is 0 Å². The third kappa shape index (κ3) is 4.77. The van der Waals surface area contributed by atoms with E-state index < -0.39 is 39.8 Å². The number of carbonyl (C=O) groups is 1. The van der Waals surface area contributed by atoms with Crippen LogP contribution in [0.2, 0.25) is 0 Å². The Balaban J connectivity index is 1.71. The maximum absolute atomic E-state index is 13.6. The highest BCUT2D eigenvalue weighted by Gasteiger charge is 2.41. The number of rotatable bonds is 6. The van der Waals surface area contributed by atoms with Crippen LogP contribution in [0.3, 0.4) is 0 Å². The number of sulfonamides is 1. The van der Waals surface area contributed by atoms with E-state index in [-0.39, 0.29) is 17.2 Å². The molecule has 0 fully saturated rings. The van der Waals surface area contributed by atoms with Crippen molar-refractivity contribution in [2.24, 2.45) is 0 Å². The molecule has 4 rings (SSSR count). The lowest BCUT2D eigenvalue weighted by atomic mass is 9.85. The average molecular weight is 520 g/mol. The molecule has 0 aromatic heterocycles. The highest BCUT2D eigenvalue weighted by Crippen LogP contribution is 2.45. The predicted molar refractivity (Wildman–Crippen MR) is 129 cm³/mol. The summed E-state index contributed by atoms with van der Waals surface area (Å²) in [5.74, 6) is -0.879. The van der Waals surface area contributed by atoms with Crippen LogP contribution in [0.15, 0.2) is 65.6 Å². The van der Waals surface area contributed by atoms with Gasteiger partial charge in [0.15, 0.2) is 6.61 Å². The van der Waals surface area contributed by atoms with Crippen LogP contribution in [0.1, 0.15) is 30.5 Å². The number of benzene rings is 3. The fourth-order valence-corrected chi connectivity index (χ4v) is 6.04. The first kappa shape index (κ1) is 25.6. The molecular formula is C26H24F3NO5S. The van der Waals surface area contributed by atoms with Crippen LogP contribution in [-0.2, 0) is 26.4 Å². The first-order chi connectivity index (χ1) is 16.7. The van der Waals surface area contributed by atoms with Gasteiger partial charge >= 0.3 is 12.1 Å². The minimum absolute atomic E-state index is 0.0216. The smallest absolute Gasteiger partial charge is 0.416 e. The maximum atomic E-state index is 13.6. The summed E-state index contributed by atoms with van der Waals surface area (Å²) in [7, 11) is -3.98. The van der Waals surface area contributed by atoms with Crippen LogP contribution in [0.25, 0.3) is 11.1 Å². The first-order valence-electron chi connectivity index (χ1n) is 11.0. The van der Waals surface area contributed by atoms with Gasteiger partial charge in [-0.1, -0.05) is 32.0 Å². The van der Waals surface area contributed by atoms with Crippen LogP contribution in [0.5, 0.6) is 5.75 Å². The number of anilines is 1. The van der Waals surface area contributed by atoms with E-state index >= 15 is 0 Å². The van der Waals surface area contributed by atoms with Gasteiger partial charge in [0.25, 0.3) is 10.0 Å². The number of fused-ring (bicyclic) bond motifs is 1. The molecule has 0 unspecified atom stereocenters. The van der Waals surface area contributed by atoms with Crippen molar-refractivity contribution in [1.82, 2.24) is 0 Å². The number of nitrogens with zero attached hydrogens (tertiary/aromatic N) is 1. The molecule has 1 heterocycles. The second-order valence-electron chi connectivity index (χ2n) is 9.32. The third-order valence-electron chi connectivity index (χ3n) is 6.14. The van der Waals surface area contributed by atoms with Gasteiger partial charge in [-0.2, -0.15) is 13.2 Å². The quantitative estimate of drug-likeness (QED) is 0.456. The first-order valence-corrected chi connectivity index (χ1v) is 12.4. The minimum Gasteiger partial charge on any atom is -0.482 e. The van der Waals surface area contributed by atoms with E-state index in [4.69, 9.17) is 9.84 Å². The Morgan fingerprint density at radius 3 is 2.39 bits per heavy atom. The molecule has 0 saturated carbocycles. The lowest BCUT2D eigenvalue weighted by Crippen LogP contribution is -2.34. The van der Waals surface area contributed by atoms with Crippen molar-refractivity contribution in [1.29, 1.82) is 0 Å². The molecule has 3 aromatic rings. The van der Waals surface area contributed by atoms with Gasteiger partial charge in [-0.25, -0.2) is 13.2 Å². The van der Waals surface area contributed by atoms with Gasteiger partial charge < -0.3 is 9.84 Å². The van der Waals surface area contributed by atoms with E-state index in [2.05, 4.69) is 0 Å². The van der Waals surface area contributed by atoms with Crippen LogP contribution >= 0.6 is 0 Å². The van der Waals surface area contributed by atoms with Gasteiger partial charge in [-0.15, -0.1) is 0 Å². The topological polar surface area (TPSA) is 83.9 Å². The van der Waals surface area contributed by atoms with Crippen molar-refractivity contribution in [2.45, 2.75) is 37.3 Å². The number of hydrogen-bond acceptors (Lipinski definition) is 4. The molecule has 0 aliphatic carbocycles. The van der Waals surface area contributed by atoms with Crippen molar-refractivity contribution in [3.8, 4) is 16.9 Å². The van der Waals surface area contributed by atoms with E-state index in [1.165, 1.54) is 28.6 Å². The number of aryl methyl sites for hydroxylation is 1. The Labute approximate surface area is 207 Å². The van der Waals surface area contributed by atoms with Crippen molar-refractivity contribution in [2.75, 3.05) is 17.5 Å². The number of alkyl halides is 3. The highest BCUT2D eigenvalue weighted by molar-refractivity contribution is 7.92. The van der Waals surface area contributed by atoms with Gasteiger partial charge in [0, 0.05) is 12.0 Å². The van der Waals surface area contributed by atoms with Crippen molar-refractivity contribution < 1.29 is 36.2 Å². The van der Waals surface area contributed by atoms with Crippen LogP contribution in [-0.4, -0.2) is 32.6 Å². The van der Waals surface area contributed by atoms with Crippen LogP contribution in [0.4, 0.5) is 18.9 Å². The largest absolute Gasteiger partial charge is 0.482 e. The van der Waals surface area contributed by atoms with E-state index in [1.54, 1.807) is 31.2 Å². The van der Waals surface area contributed by atoms with Crippen LogP contribution < -0.4 is 9.04 Å². The summed E-state index contributed by atoms with van der Waals surface area (Å²) in [6, 6.07) is 14.2. The summed E-state index contributed by atoms with van der Waals surface area (Å²) in [4.78, 5) is 10.8. The van der Waals surface area contributed by atoms with Crippen molar-refractivity contribution in [3.05, 3.63) is 77.4 Å². The highest BCUT2D eigenvalue weighted by atomic mass is 32.2. The molecule has 10 heteroatoms. The molecule has 1 aliphatic heterocycles. The van der Waals surface area contributed by atoms with Gasteiger partial charge in [-0.3, -0.25) is 4.31 Å². The molecule has 3 aromatic carbocycles. The second-order valence-corrected chi connectivity index (χ2v) is 11.2. The third-order valence-corrected chi connectivity index (χ3v) is 7.90. The van der Waals surface area contributed by atoms with Gasteiger partial charge in [0.1, 0.15) is 5.75 Å². The molecule has 0 atom stereocenters. The summed E-state index contributed by atoms with van der Waals surface area (Å²) < 4.78 is 73.2. The molecule has 1 aliphatic rings. The number of hydrogen-bond donors (Lipinski definition) is 1. The molecule has 1 N–H and O–H groups in total. The monoisotopic (exact) mass is 519 g/mol. The van der Waals surface area contributed by atoms with E-state index in [0.717, 1.165) is 12.1 Å². The summed E-state index contributed by atoms with van der Waals surface area (Å²) in [6.45, 7) is 4.98. The Hall–Kier alpha value is -3.53. The van der Waals surface area contributed by atoms with E-state index in [9.17, 15) is 26.4 Å². The summed E-state index contributed by atoms with van der Waals surface area (Å²) >= 11 is 0. The second kappa shape index (κ2) is 8.85. The molecule has 0 saturated heterocycles. The Morgan fingerprint density at radius 2 is 1.75 bits per heavy atom. The zero-order chi connectivity index (χ0) is 26.5. The van der Waals surface area contributed by atoms with Crippen LogP contribution in [0, 0.1) is 6.92 Å². The number of carboxylic acids is 1. The molecule has 0 amide bonds. The van der Waals surface area contributed by atoms with Crippen molar-refractivity contribution in [3.63, 3.8) is 0 Å². The molecular weight excluding hydrogens is 495 g/mol. The SMILES string of the molecule is Cc1cc(S(=O)(=O)N2CC(C)(C)c3cc(-c4cccc(C(F)(F)F)c4)ccc32)ccc1OCC(=O)O. The Bertz CT molecular complexity index is 1450. The summed E-state index contributed by atoms with van der Waals surface area (Å²) in [5, 5.41) is 8.80. The standard InChI is InChI=1S/C26H24F3NO5S/c1-16-11-20(8-10-23(16)35-14-24(31)32)36(33,34)30-15-25(2,3)21-13-18(7-9-22(21)30)17-5-4-6-19(12-17)26(27,28)29/h4-13H,14-15H2,1-3H3,(H,31,32). The fraction of sp³-hybridized carbons (Fsp3) is 0.269. The van der Waals surface area contributed by atoms with Gasteiger partial charge in [0.05, 0.1) is 16.1 Å². The molecule has 0 radical (unpaired) electrons. The number of aliphatic carboxylic acids is 1. The fourth-order valence-electron chi connectivity index (χ4n) is 4.31. The average Bonchev–Trinajstić information content (AvgIpc) is 3.08. The number of halogens is 3. The van der Waals surface area contributed by atoms with Crippen molar-refractivity contribution >= 4 is 21.7 Å². The predicted octanol–water partition coefficient (Wildman–Crippen LogP) is 5.63. The molecule has 6 nitrogen and oxygen atoms in total. The Kier molecular flexibility index (Phi) is 6.28. The number of ether oxygens (including phenoxy) is 1. The lowest BCUT2D eigenvalue weighted by molar-refractivity contribution is -0.139. The zero-order valence-corrected chi connectivity index (χ0v) is 20.6. The minimum atomic E-state index is -4.47. The zero-order valence-electron chi connectivity index (χ0n) is 19.8. The Morgan fingerprint density at radius 1 is 1.06 bits per heavy atom. The molecule has 36 heavy (non-hydrogen) atoms.